The van der Waals surface area contributed by atoms with Crippen molar-refractivity contribution in [2.45, 2.75) is 24.5 Å². The van der Waals surface area contributed by atoms with Crippen LogP contribution in [0.5, 0.6) is 0 Å². The van der Waals surface area contributed by atoms with E-state index in [0.29, 0.717) is 10.6 Å². The van der Waals surface area contributed by atoms with E-state index in [-0.39, 0.29) is 27.1 Å². The number of nitrogens with one attached hydrogen (secondary N) is 1. The Labute approximate surface area is 158 Å². The number of rotatable bonds is 4. The smallest absolute Gasteiger partial charge is 0.307 e. The summed E-state index contributed by atoms with van der Waals surface area (Å²) in [6.45, 7) is 1.22. The van der Waals surface area contributed by atoms with Gasteiger partial charge in [0, 0.05) is 10.6 Å². The van der Waals surface area contributed by atoms with Gasteiger partial charge >= 0.3 is 11.9 Å². The molecule has 0 aliphatic heterocycles. The van der Waals surface area contributed by atoms with Crippen LogP contribution < -0.4 is 11.2 Å². The number of fused-ring (bicyclic) bond motifs is 1. The molecule has 0 radical (unpaired) electrons. The van der Waals surface area contributed by atoms with Gasteiger partial charge in [0.2, 0.25) is 0 Å². The second-order valence-electron chi connectivity index (χ2n) is 5.97. The highest BCUT2D eigenvalue weighted by Crippen LogP contribution is 2.30. The van der Waals surface area contributed by atoms with Crippen molar-refractivity contribution in [3.63, 3.8) is 0 Å². The van der Waals surface area contributed by atoms with Gasteiger partial charge in [0.1, 0.15) is 5.82 Å². The topological polar surface area (TPSA) is 71.9 Å². The van der Waals surface area contributed by atoms with Gasteiger partial charge in [0.05, 0.1) is 33.8 Å². The zero-order valence-electron chi connectivity index (χ0n) is 14.5. The van der Waals surface area contributed by atoms with Crippen LogP contribution in [0, 0.1) is 5.82 Å². The first kappa shape index (κ1) is 20.0. The van der Waals surface area contributed by atoms with Gasteiger partial charge in [-0.25, -0.2) is 9.18 Å². The van der Waals surface area contributed by atoms with E-state index in [1.165, 1.54) is 6.07 Å². The summed E-state index contributed by atoms with van der Waals surface area (Å²) < 4.78 is 65.3. The Morgan fingerprint density at radius 2 is 1.82 bits per heavy atom. The van der Waals surface area contributed by atoms with Crippen LogP contribution >= 0.6 is 0 Å². The molecule has 1 aromatic heterocycles. The zero-order chi connectivity index (χ0) is 20.6. The first-order valence-electron chi connectivity index (χ1n) is 8.12. The van der Waals surface area contributed by atoms with Gasteiger partial charge in [-0.05, 0) is 42.0 Å². The highest BCUT2D eigenvalue weighted by molar-refractivity contribution is 7.85. The SMILES string of the molecule is CCS(=O)c1ccc(F)cc1Cn1c(=O)[nH]c2ccc(C(F)(F)F)cc2c1=O. The highest BCUT2D eigenvalue weighted by Gasteiger charge is 2.31. The molecular formula is C18H14F4N2O3S. The maximum absolute atomic E-state index is 13.7. The summed E-state index contributed by atoms with van der Waals surface area (Å²) in [4.78, 5) is 27.6. The fourth-order valence-electron chi connectivity index (χ4n) is 2.79. The molecule has 5 nitrogen and oxygen atoms in total. The summed E-state index contributed by atoms with van der Waals surface area (Å²) >= 11 is 0. The summed E-state index contributed by atoms with van der Waals surface area (Å²) in [5.41, 5.74) is -2.76. The maximum atomic E-state index is 13.7. The van der Waals surface area contributed by atoms with E-state index >= 15 is 0 Å². The van der Waals surface area contributed by atoms with E-state index in [4.69, 9.17) is 0 Å². The molecule has 1 heterocycles. The lowest BCUT2D eigenvalue weighted by molar-refractivity contribution is -0.137. The Balaban J connectivity index is 2.20. The van der Waals surface area contributed by atoms with Crippen LogP contribution in [0.15, 0.2) is 50.9 Å². The number of hydrogen-bond donors (Lipinski definition) is 1. The van der Waals surface area contributed by atoms with Gasteiger partial charge in [0.15, 0.2) is 0 Å². The third-order valence-corrected chi connectivity index (χ3v) is 5.58. The molecule has 1 unspecified atom stereocenters. The van der Waals surface area contributed by atoms with Crippen LogP contribution in [0.2, 0.25) is 0 Å². The Hall–Kier alpha value is -2.75. The minimum Gasteiger partial charge on any atom is -0.307 e. The molecule has 0 aliphatic rings. The number of aromatic nitrogens is 2. The van der Waals surface area contributed by atoms with Crippen molar-refractivity contribution in [3.8, 4) is 0 Å². The average molecular weight is 414 g/mol. The van der Waals surface area contributed by atoms with Crippen LogP contribution in [-0.4, -0.2) is 19.5 Å². The maximum Gasteiger partial charge on any atom is 0.416 e. The van der Waals surface area contributed by atoms with Gasteiger partial charge in [-0.1, -0.05) is 6.92 Å². The van der Waals surface area contributed by atoms with Crippen molar-refractivity contribution in [3.05, 3.63) is 74.2 Å². The van der Waals surface area contributed by atoms with Crippen LogP contribution in [0.1, 0.15) is 18.1 Å². The summed E-state index contributed by atoms with van der Waals surface area (Å²) in [6.07, 6.45) is -4.66. The molecule has 0 fully saturated rings. The molecule has 148 valence electrons. The number of nitrogens with zero attached hydrogens (tertiary/aromatic N) is 1. The van der Waals surface area contributed by atoms with Crippen molar-refractivity contribution in [1.29, 1.82) is 0 Å². The number of H-pyrrole nitrogens is 1. The van der Waals surface area contributed by atoms with E-state index in [2.05, 4.69) is 4.98 Å². The minimum absolute atomic E-state index is 0.0455. The van der Waals surface area contributed by atoms with Crippen LogP contribution in [-0.2, 0) is 23.5 Å². The molecule has 28 heavy (non-hydrogen) atoms. The molecular weight excluding hydrogens is 400 g/mol. The predicted octanol–water partition coefficient (Wildman–Crippen LogP) is 3.02. The molecule has 0 amide bonds. The first-order valence-corrected chi connectivity index (χ1v) is 9.44. The molecule has 2 aromatic carbocycles. The fourth-order valence-corrected chi connectivity index (χ4v) is 3.74. The normalized spacial score (nSPS) is 13.0. The first-order chi connectivity index (χ1) is 13.1. The Morgan fingerprint density at radius 3 is 2.46 bits per heavy atom. The van der Waals surface area contributed by atoms with Gasteiger partial charge in [-0.2, -0.15) is 13.2 Å². The average Bonchev–Trinajstić information content (AvgIpc) is 2.63. The Bertz CT molecular complexity index is 1200. The summed E-state index contributed by atoms with van der Waals surface area (Å²) in [7, 11) is -1.48. The van der Waals surface area contributed by atoms with Crippen LogP contribution in [0.4, 0.5) is 17.6 Å². The summed E-state index contributed by atoms with van der Waals surface area (Å²) in [6, 6.07) is 5.87. The zero-order valence-corrected chi connectivity index (χ0v) is 15.3. The monoisotopic (exact) mass is 414 g/mol. The van der Waals surface area contributed by atoms with Gasteiger partial charge in [-0.3, -0.25) is 13.6 Å². The lowest BCUT2D eigenvalue weighted by Gasteiger charge is -2.12. The third-order valence-electron chi connectivity index (χ3n) is 4.17. The van der Waals surface area contributed by atoms with Gasteiger partial charge in [-0.15, -0.1) is 0 Å². The summed E-state index contributed by atoms with van der Waals surface area (Å²) in [5.74, 6) is -0.423. The molecule has 0 aliphatic carbocycles. The fraction of sp³-hybridized carbons (Fsp3) is 0.222. The van der Waals surface area contributed by atoms with Crippen LogP contribution in [0.25, 0.3) is 10.9 Å². The van der Waals surface area contributed by atoms with Crippen molar-refractivity contribution in [2.75, 3.05) is 5.75 Å². The summed E-state index contributed by atoms with van der Waals surface area (Å²) in [5, 5.41) is -0.330. The van der Waals surface area contributed by atoms with E-state index in [1.807, 2.05) is 0 Å². The molecule has 0 saturated carbocycles. The Kier molecular flexibility index (Phi) is 5.24. The molecule has 3 aromatic rings. The molecule has 1 N–H and O–H groups in total. The van der Waals surface area contributed by atoms with Crippen molar-refractivity contribution < 1.29 is 21.8 Å². The standard InChI is InChI=1S/C18H14F4N2O3S/c1-2-28(27)15-6-4-12(19)7-10(15)9-24-16(25)13-8-11(18(20,21)22)3-5-14(13)23-17(24)26/h3-8H,2,9H2,1H3,(H,23,26). The minimum atomic E-state index is -4.66. The number of aromatic amines is 1. The van der Waals surface area contributed by atoms with E-state index in [0.717, 1.165) is 24.3 Å². The molecule has 3 rings (SSSR count). The van der Waals surface area contributed by atoms with E-state index < -0.39 is 46.2 Å². The van der Waals surface area contributed by atoms with E-state index in [1.54, 1.807) is 6.92 Å². The number of hydrogen-bond acceptors (Lipinski definition) is 3. The van der Waals surface area contributed by atoms with Crippen LogP contribution in [0.3, 0.4) is 0 Å². The third kappa shape index (κ3) is 3.77. The molecule has 0 saturated heterocycles. The van der Waals surface area contributed by atoms with Gasteiger partial charge < -0.3 is 4.98 Å². The molecule has 10 heteroatoms. The van der Waals surface area contributed by atoms with Crippen molar-refractivity contribution in [2.24, 2.45) is 0 Å². The molecule has 0 bridgehead atoms. The largest absolute Gasteiger partial charge is 0.416 e. The quantitative estimate of drug-likeness (QED) is 0.667. The number of benzene rings is 2. The Morgan fingerprint density at radius 1 is 1.11 bits per heavy atom. The second-order valence-corrected chi connectivity index (χ2v) is 7.67. The predicted molar refractivity (Wildman–Crippen MR) is 96.3 cm³/mol. The molecule has 1 atom stereocenters. The van der Waals surface area contributed by atoms with E-state index in [9.17, 15) is 31.4 Å². The highest BCUT2D eigenvalue weighted by atomic mass is 32.2. The number of halogens is 4. The molecule has 0 spiro atoms. The van der Waals surface area contributed by atoms with Crippen molar-refractivity contribution >= 4 is 21.7 Å². The van der Waals surface area contributed by atoms with Crippen molar-refractivity contribution in [1.82, 2.24) is 9.55 Å². The van der Waals surface area contributed by atoms with Gasteiger partial charge in [0.25, 0.3) is 5.56 Å². The number of alkyl halides is 3. The second kappa shape index (κ2) is 7.34. The lowest BCUT2D eigenvalue weighted by atomic mass is 10.1. The lowest BCUT2D eigenvalue weighted by Crippen LogP contribution is -2.35.